The summed E-state index contributed by atoms with van der Waals surface area (Å²) in [6, 6.07) is 25.0. The number of hydrogen-bond acceptors (Lipinski definition) is 6. The van der Waals surface area contributed by atoms with E-state index in [0.29, 0.717) is 12.2 Å². The summed E-state index contributed by atoms with van der Waals surface area (Å²) in [6.07, 6.45) is -1.83. The van der Waals surface area contributed by atoms with E-state index in [9.17, 15) is 24.2 Å². The molecule has 0 spiro atoms. The number of rotatable bonds is 13. The van der Waals surface area contributed by atoms with Gasteiger partial charge in [-0.25, -0.2) is 4.39 Å². The molecule has 0 radical (unpaired) electrons. The zero-order valence-corrected chi connectivity index (χ0v) is 24.9. The second-order valence-corrected chi connectivity index (χ2v) is 11.2. The lowest BCUT2D eigenvalue weighted by atomic mass is 9.83. The summed E-state index contributed by atoms with van der Waals surface area (Å²) in [5.74, 6) is -1.58. The van der Waals surface area contributed by atoms with E-state index in [1.54, 1.807) is 19.1 Å². The predicted octanol–water partition coefficient (Wildman–Crippen LogP) is 5.74. The molecule has 0 bridgehead atoms. The molecule has 3 N–H and O–H groups in total. The molecule has 1 amide bonds. The normalized spacial score (nSPS) is 18.1. The van der Waals surface area contributed by atoms with E-state index in [1.807, 2.05) is 60.7 Å². The Labute approximate surface area is 253 Å². The van der Waals surface area contributed by atoms with Gasteiger partial charge in [-0.3, -0.25) is 9.59 Å². The zero-order chi connectivity index (χ0) is 30.9. The fourth-order valence-corrected chi connectivity index (χ4v) is 5.91. The highest BCUT2D eigenvalue weighted by molar-refractivity contribution is 6.08. The summed E-state index contributed by atoms with van der Waals surface area (Å²) in [6.45, 7) is 6.42. The number of benzene rings is 3. The average Bonchev–Trinajstić information content (AvgIpc) is 3.33. The molecule has 1 aliphatic rings. The zero-order valence-electron chi connectivity index (χ0n) is 24.9. The molecule has 0 aromatic heterocycles. The molecule has 3 aromatic rings. The Balaban J connectivity index is 1.74. The van der Waals surface area contributed by atoms with Crippen LogP contribution in [0.2, 0.25) is 0 Å². The van der Waals surface area contributed by atoms with E-state index in [1.165, 1.54) is 12.1 Å². The molecular formula is C35H41FN2O5. The van der Waals surface area contributed by atoms with Crippen LogP contribution in [0.5, 0.6) is 0 Å². The number of nitrogens with zero attached hydrogens (tertiary/aromatic N) is 1. The van der Waals surface area contributed by atoms with E-state index < -0.39 is 24.1 Å². The summed E-state index contributed by atoms with van der Waals surface area (Å²) >= 11 is 0. The number of ether oxygens (including phenoxy) is 1. The Kier molecular flexibility index (Phi) is 11.1. The molecule has 0 aliphatic carbocycles. The molecule has 0 fully saturated rings. The summed E-state index contributed by atoms with van der Waals surface area (Å²) in [7, 11) is 0. The van der Waals surface area contributed by atoms with E-state index in [4.69, 9.17) is 4.74 Å². The number of aliphatic hydroxyl groups excluding tert-OH is 2. The highest BCUT2D eigenvalue weighted by Gasteiger charge is 2.46. The van der Waals surface area contributed by atoms with Crippen molar-refractivity contribution in [2.45, 2.75) is 58.3 Å². The molecule has 8 heteroatoms. The lowest BCUT2D eigenvalue weighted by Gasteiger charge is -2.35. The van der Waals surface area contributed by atoms with Crippen LogP contribution in [0.25, 0.3) is 11.3 Å². The van der Waals surface area contributed by atoms with Gasteiger partial charge in [0.25, 0.3) is 0 Å². The monoisotopic (exact) mass is 588 g/mol. The van der Waals surface area contributed by atoms with Crippen LogP contribution in [-0.2, 0) is 14.3 Å². The second-order valence-electron chi connectivity index (χ2n) is 11.2. The van der Waals surface area contributed by atoms with Gasteiger partial charge in [0.15, 0.2) is 0 Å². The summed E-state index contributed by atoms with van der Waals surface area (Å²) in [5, 5.41) is 24.4. The number of esters is 1. The minimum absolute atomic E-state index is 0.0120. The topological polar surface area (TPSA) is 99.1 Å². The molecule has 0 saturated heterocycles. The SMILES string of the molecule is CCOC(=O)C[C@H](O)C[C@H](O)CCN1C(c2ccc(F)cc2)=C(c2ccccc2)C(C(=O)Nc2ccccc2)C1C(C)C. The van der Waals surface area contributed by atoms with Crippen molar-refractivity contribution in [1.29, 1.82) is 0 Å². The minimum atomic E-state index is -1.04. The number of amides is 1. The van der Waals surface area contributed by atoms with Gasteiger partial charge in [-0.05, 0) is 78.8 Å². The van der Waals surface area contributed by atoms with Crippen molar-refractivity contribution in [3.8, 4) is 0 Å². The number of carbonyl (C=O) groups is 2. The molecule has 228 valence electrons. The number of carbonyl (C=O) groups excluding carboxylic acids is 2. The third-order valence-corrected chi connectivity index (χ3v) is 7.72. The van der Waals surface area contributed by atoms with Crippen molar-refractivity contribution in [3.05, 3.63) is 102 Å². The van der Waals surface area contributed by atoms with E-state index >= 15 is 0 Å². The molecule has 43 heavy (non-hydrogen) atoms. The number of nitrogens with one attached hydrogen (secondary N) is 1. The van der Waals surface area contributed by atoms with Crippen LogP contribution in [0.4, 0.5) is 10.1 Å². The maximum absolute atomic E-state index is 14.2. The van der Waals surface area contributed by atoms with Crippen LogP contribution in [0.15, 0.2) is 84.9 Å². The van der Waals surface area contributed by atoms with Gasteiger partial charge < -0.3 is 25.2 Å². The second kappa shape index (κ2) is 14.9. The molecule has 7 nitrogen and oxygen atoms in total. The molecule has 2 unspecified atom stereocenters. The molecule has 4 rings (SSSR count). The maximum atomic E-state index is 14.2. The summed E-state index contributed by atoms with van der Waals surface area (Å²) < 4.78 is 19.0. The Morgan fingerprint density at radius 2 is 1.53 bits per heavy atom. The van der Waals surface area contributed by atoms with Crippen molar-refractivity contribution in [2.75, 3.05) is 18.5 Å². The first-order valence-corrected chi connectivity index (χ1v) is 14.9. The number of halogens is 1. The number of para-hydroxylation sites is 1. The van der Waals surface area contributed by atoms with Crippen LogP contribution < -0.4 is 5.32 Å². The van der Waals surface area contributed by atoms with Crippen LogP contribution in [-0.4, -0.2) is 58.4 Å². The molecule has 3 aromatic carbocycles. The van der Waals surface area contributed by atoms with Crippen molar-refractivity contribution < 1.29 is 28.9 Å². The Hall–Kier alpha value is -4.01. The van der Waals surface area contributed by atoms with Crippen molar-refractivity contribution >= 4 is 28.8 Å². The van der Waals surface area contributed by atoms with Gasteiger partial charge >= 0.3 is 5.97 Å². The molecule has 1 heterocycles. The molecule has 4 atom stereocenters. The first-order chi connectivity index (χ1) is 20.7. The third kappa shape index (κ3) is 8.09. The van der Waals surface area contributed by atoms with Gasteiger partial charge in [-0.15, -0.1) is 0 Å². The average molecular weight is 589 g/mol. The van der Waals surface area contributed by atoms with Gasteiger partial charge in [0.1, 0.15) is 5.82 Å². The predicted molar refractivity (Wildman–Crippen MR) is 166 cm³/mol. The number of hydrogen-bond donors (Lipinski definition) is 3. The standard InChI is InChI=1S/C35H41FN2O5/c1-4-43-30(41)22-29(40)21-28(39)19-20-38-33(23(2)3)32(35(42)37-27-13-9-6-10-14-27)31(24-11-7-5-8-12-24)34(38)25-15-17-26(36)18-16-25/h5-18,23,28-29,32-33,39-40H,4,19-22H2,1-3H3,(H,37,42)/t28-,29-,32?,33?/m1/s1. The quantitative estimate of drug-likeness (QED) is 0.220. The van der Waals surface area contributed by atoms with Crippen LogP contribution >= 0.6 is 0 Å². The van der Waals surface area contributed by atoms with Crippen LogP contribution in [0.3, 0.4) is 0 Å². The fourth-order valence-electron chi connectivity index (χ4n) is 5.91. The van der Waals surface area contributed by atoms with E-state index in [-0.39, 0.29) is 49.6 Å². The Bertz CT molecular complexity index is 1380. The Morgan fingerprint density at radius 3 is 2.14 bits per heavy atom. The lowest BCUT2D eigenvalue weighted by Crippen LogP contribution is -2.43. The Morgan fingerprint density at radius 1 is 0.907 bits per heavy atom. The van der Waals surface area contributed by atoms with Gasteiger partial charge in [-0.1, -0.05) is 62.4 Å². The summed E-state index contributed by atoms with van der Waals surface area (Å²) in [4.78, 5) is 28.1. The largest absolute Gasteiger partial charge is 0.466 e. The molecule has 1 aliphatic heterocycles. The van der Waals surface area contributed by atoms with Crippen LogP contribution in [0, 0.1) is 17.7 Å². The van der Waals surface area contributed by atoms with Gasteiger partial charge in [0.05, 0.1) is 31.2 Å². The van der Waals surface area contributed by atoms with Crippen molar-refractivity contribution in [3.63, 3.8) is 0 Å². The van der Waals surface area contributed by atoms with E-state index in [0.717, 1.165) is 22.4 Å². The van der Waals surface area contributed by atoms with Gasteiger partial charge in [0.2, 0.25) is 5.91 Å². The minimum Gasteiger partial charge on any atom is -0.466 e. The lowest BCUT2D eigenvalue weighted by molar-refractivity contribution is -0.145. The maximum Gasteiger partial charge on any atom is 0.308 e. The summed E-state index contributed by atoms with van der Waals surface area (Å²) in [5.41, 5.74) is 3.97. The van der Waals surface area contributed by atoms with E-state index in [2.05, 4.69) is 24.1 Å². The molecule has 0 saturated carbocycles. The first-order valence-electron chi connectivity index (χ1n) is 14.9. The van der Waals surface area contributed by atoms with Crippen molar-refractivity contribution in [1.82, 2.24) is 4.90 Å². The van der Waals surface area contributed by atoms with Crippen LogP contribution in [0.1, 0.15) is 51.2 Å². The van der Waals surface area contributed by atoms with Crippen molar-refractivity contribution in [2.24, 2.45) is 11.8 Å². The van der Waals surface area contributed by atoms with Gasteiger partial charge in [-0.2, -0.15) is 0 Å². The first kappa shape index (κ1) is 31.9. The van der Waals surface area contributed by atoms with Gasteiger partial charge in [0, 0.05) is 24.0 Å². The number of anilines is 1. The fraction of sp³-hybridized carbons (Fsp3) is 0.371. The highest BCUT2D eigenvalue weighted by atomic mass is 19.1. The third-order valence-electron chi connectivity index (χ3n) is 7.72. The number of aliphatic hydroxyl groups is 2. The highest BCUT2D eigenvalue weighted by Crippen LogP contribution is 2.48. The molecular weight excluding hydrogens is 547 g/mol. The smallest absolute Gasteiger partial charge is 0.308 e.